The Morgan fingerprint density at radius 1 is 1.41 bits per heavy atom. The summed E-state index contributed by atoms with van der Waals surface area (Å²) in [6.07, 6.45) is 3.26. The van der Waals surface area contributed by atoms with Crippen LogP contribution in [0, 0.1) is 11.3 Å². The van der Waals surface area contributed by atoms with Crippen molar-refractivity contribution >= 4 is 18.0 Å². The first kappa shape index (κ1) is 20.3. The SMILES string of the molecule is CCOc1cc(/C=C(/C#N)C(=O)NC[C@@H]2CCCO2)ccc1OCC(=O)[O-]. The molecule has 1 heterocycles. The fourth-order valence-corrected chi connectivity index (χ4v) is 2.56. The number of aliphatic carboxylic acids is 1. The Morgan fingerprint density at radius 2 is 2.22 bits per heavy atom. The Bertz CT molecular complexity index is 747. The van der Waals surface area contributed by atoms with Crippen molar-refractivity contribution in [2.24, 2.45) is 0 Å². The molecule has 1 atom stereocenters. The van der Waals surface area contributed by atoms with E-state index in [2.05, 4.69) is 5.32 Å². The van der Waals surface area contributed by atoms with Crippen molar-refractivity contribution in [1.82, 2.24) is 5.32 Å². The van der Waals surface area contributed by atoms with Gasteiger partial charge in [0.25, 0.3) is 5.91 Å². The van der Waals surface area contributed by atoms with E-state index < -0.39 is 18.5 Å². The van der Waals surface area contributed by atoms with Crippen molar-refractivity contribution in [2.75, 3.05) is 26.4 Å². The highest BCUT2D eigenvalue weighted by Crippen LogP contribution is 2.29. The molecule has 1 aromatic carbocycles. The molecule has 8 nitrogen and oxygen atoms in total. The summed E-state index contributed by atoms with van der Waals surface area (Å²) in [7, 11) is 0. The number of carboxylic acids is 1. The van der Waals surface area contributed by atoms with Crippen LogP contribution in [0.3, 0.4) is 0 Å². The van der Waals surface area contributed by atoms with Gasteiger partial charge in [-0.05, 0) is 43.5 Å². The van der Waals surface area contributed by atoms with Gasteiger partial charge in [0, 0.05) is 13.2 Å². The third-order valence-electron chi connectivity index (χ3n) is 3.80. The predicted octanol–water partition coefficient (Wildman–Crippen LogP) is 0.416. The molecular formula is C19H21N2O6-. The number of nitriles is 1. The third-order valence-corrected chi connectivity index (χ3v) is 3.80. The van der Waals surface area contributed by atoms with Gasteiger partial charge in [0.15, 0.2) is 11.5 Å². The van der Waals surface area contributed by atoms with Gasteiger partial charge in [-0.15, -0.1) is 0 Å². The van der Waals surface area contributed by atoms with Gasteiger partial charge in [-0.2, -0.15) is 5.26 Å². The molecule has 0 radical (unpaired) electrons. The van der Waals surface area contributed by atoms with Gasteiger partial charge in [0.05, 0.1) is 18.7 Å². The molecule has 1 saturated heterocycles. The van der Waals surface area contributed by atoms with Crippen LogP contribution in [0.15, 0.2) is 23.8 Å². The summed E-state index contributed by atoms with van der Waals surface area (Å²) in [6, 6.07) is 6.56. The second-order valence-electron chi connectivity index (χ2n) is 5.81. The molecule has 1 amide bonds. The largest absolute Gasteiger partial charge is 0.546 e. The molecule has 0 aromatic heterocycles. The van der Waals surface area contributed by atoms with Crippen LogP contribution in [0.5, 0.6) is 11.5 Å². The van der Waals surface area contributed by atoms with E-state index in [4.69, 9.17) is 14.2 Å². The lowest BCUT2D eigenvalue weighted by molar-refractivity contribution is -0.307. The molecule has 1 aliphatic heterocycles. The van der Waals surface area contributed by atoms with E-state index in [1.165, 1.54) is 12.1 Å². The zero-order chi connectivity index (χ0) is 19.6. The average molecular weight is 373 g/mol. The molecule has 0 aliphatic carbocycles. The topological polar surface area (TPSA) is 121 Å². The molecule has 0 spiro atoms. The summed E-state index contributed by atoms with van der Waals surface area (Å²) in [4.78, 5) is 22.8. The number of nitrogens with one attached hydrogen (secondary N) is 1. The molecule has 1 aromatic rings. The Kier molecular flexibility index (Phi) is 7.64. The second kappa shape index (κ2) is 10.2. The van der Waals surface area contributed by atoms with E-state index in [0.717, 1.165) is 12.8 Å². The quantitative estimate of drug-likeness (QED) is 0.492. The lowest BCUT2D eigenvalue weighted by atomic mass is 10.1. The molecule has 2 rings (SSSR count). The highest BCUT2D eigenvalue weighted by molar-refractivity contribution is 6.01. The van der Waals surface area contributed by atoms with Gasteiger partial charge in [0.2, 0.25) is 0 Å². The Labute approximate surface area is 157 Å². The Morgan fingerprint density at radius 3 is 2.85 bits per heavy atom. The molecule has 1 N–H and O–H groups in total. The van der Waals surface area contributed by atoms with Crippen LogP contribution in [0.4, 0.5) is 0 Å². The van der Waals surface area contributed by atoms with Crippen molar-refractivity contribution in [3.8, 4) is 17.6 Å². The Balaban J connectivity index is 2.11. The van der Waals surface area contributed by atoms with Crippen LogP contribution in [0.2, 0.25) is 0 Å². The highest BCUT2D eigenvalue weighted by Gasteiger charge is 2.17. The zero-order valence-electron chi connectivity index (χ0n) is 15.0. The summed E-state index contributed by atoms with van der Waals surface area (Å²) in [5.74, 6) is -1.29. The highest BCUT2D eigenvalue weighted by atomic mass is 16.5. The number of amides is 1. The monoisotopic (exact) mass is 373 g/mol. The van der Waals surface area contributed by atoms with Gasteiger partial charge >= 0.3 is 0 Å². The molecule has 0 bridgehead atoms. The maximum Gasteiger partial charge on any atom is 0.262 e. The number of hydrogen-bond donors (Lipinski definition) is 1. The maximum atomic E-state index is 12.2. The fourth-order valence-electron chi connectivity index (χ4n) is 2.56. The number of benzene rings is 1. The van der Waals surface area contributed by atoms with Crippen LogP contribution in [0.25, 0.3) is 6.08 Å². The molecule has 8 heteroatoms. The fraction of sp³-hybridized carbons (Fsp3) is 0.421. The van der Waals surface area contributed by atoms with Gasteiger partial charge in [-0.1, -0.05) is 6.07 Å². The number of carbonyl (C=O) groups excluding carboxylic acids is 2. The maximum absolute atomic E-state index is 12.2. The molecule has 1 aliphatic rings. The summed E-state index contributed by atoms with van der Waals surface area (Å²) in [5, 5.41) is 22.5. The van der Waals surface area contributed by atoms with Crippen molar-refractivity contribution in [1.29, 1.82) is 5.26 Å². The van der Waals surface area contributed by atoms with Gasteiger partial charge in [-0.25, -0.2) is 0 Å². The number of nitrogens with zero attached hydrogens (tertiary/aromatic N) is 1. The van der Waals surface area contributed by atoms with E-state index in [0.29, 0.717) is 31.1 Å². The first-order valence-corrected chi connectivity index (χ1v) is 8.64. The third kappa shape index (κ3) is 6.31. The van der Waals surface area contributed by atoms with Crippen molar-refractivity contribution < 1.29 is 28.9 Å². The molecule has 0 unspecified atom stereocenters. The van der Waals surface area contributed by atoms with Crippen LogP contribution < -0.4 is 19.9 Å². The lowest BCUT2D eigenvalue weighted by Crippen LogP contribution is -2.32. The van der Waals surface area contributed by atoms with Crippen LogP contribution in [0.1, 0.15) is 25.3 Å². The number of carboxylic acid groups (broad SMARTS) is 1. The second-order valence-corrected chi connectivity index (χ2v) is 5.81. The first-order chi connectivity index (χ1) is 13.0. The van der Waals surface area contributed by atoms with Crippen LogP contribution in [-0.4, -0.2) is 44.3 Å². The smallest absolute Gasteiger partial charge is 0.262 e. The van der Waals surface area contributed by atoms with E-state index >= 15 is 0 Å². The average Bonchev–Trinajstić information content (AvgIpc) is 3.17. The zero-order valence-corrected chi connectivity index (χ0v) is 15.0. The van der Waals surface area contributed by atoms with E-state index in [1.807, 2.05) is 6.07 Å². The molecule has 1 fully saturated rings. The van der Waals surface area contributed by atoms with E-state index in [1.54, 1.807) is 19.1 Å². The number of rotatable bonds is 9. The summed E-state index contributed by atoms with van der Waals surface area (Å²) in [5.41, 5.74) is 0.488. The first-order valence-electron chi connectivity index (χ1n) is 8.64. The van der Waals surface area contributed by atoms with E-state index in [9.17, 15) is 20.0 Å². The number of carbonyl (C=O) groups is 2. The van der Waals surface area contributed by atoms with Crippen molar-refractivity contribution in [2.45, 2.75) is 25.9 Å². The minimum atomic E-state index is -1.35. The molecule has 144 valence electrons. The predicted molar refractivity (Wildman–Crippen MR) is 93.7 cm³/mol. The minimum absolute atomic E-state index is 0.0152. The van der Waals surface area contributed by atoms with Gasteiger partial charge in [-0.3, -0.25) is 4.79 Å². The lowest BCUT2D eigenvalue weighted by Gasteiger charge is -2.13. The summed E-state index contributed by atoms with van der Waals surface area (Å²) < 4.78 is 16.0. The summed E-state index contributed by atoms with van der Waals surface area (Å²) in [6.45, 7) is 2.54. The van der Waals surface area contributed by atoms with E-state index in [-0.39, 0.29) is 17.4 Å². The number of ether oxygens (including phenoxy) is 3. The van der Waals surface area contributed by atoms with Gasteiger partial charge < -0.3 is 29.4 Å². The Hall–Kier alpha value is -3.05. The molecule has 27 heavy (non-hydrogen) atoms. The molecular weight excluding hydrogens is 352 g/mol. The molecule has 0 saturated carbocycles. The van der Waals surface area contributed by atoms with Crippen molar-refractivity contribution in [3.05, 3.63) is 29.3 Å². The standard InChI is InChI=1S/C19H22N2O6/c1-2-25-17-9-13(5-6-16(17)27-12-18(22)23)8-14(10-20)19(24)21-11-15-4-3-7-26-15/h5-6,8-9,15H,2-4,7,11-12H2,1H3,(H,21,24)(H,22,23)/p-1/b14-8-/t15-/m0/s1. The normalized spacial score (nSPS) is 16.4. The van der Waals surface area contributed by atoms with Crippen molar-refractivity contribution in [3.63, 3.8) is 0 Å². The van der Waals surface area contributed by atoms with Gasteiger partial charge in [0.1, 0.15) is 18.2 Å². The minimum Gasteiger partial charge on any atom is -0.546 e. The number of hydrogen-bond acceptors (Lipinski definition) is 7. The van der Waals surface area contributed by atoms with Crippen LogP contribution in [-0.2, 0) is 14.3 Å². The van der Waals surface area contributed by atoms with Crippen LogP contribution >= 0.6 is 0 Å². The summed E-state index contributed by atoms with van der Waals surface area (Å²) >= 11 is 0.